The minimum Gasteiger partial charge on any atom is -0.377 e. The lowest BCUT2D eigenvalue weighted by Crippen LogP contribution is -2.31. The first-order valence-electron chi connectivity index (χ1n) is 13.5. The first-order valence-corrected chi connectivity index (χ1v) is 16.1. The highest BCUT2D eigenvalue weighted by atomic mass is 35.5. The molecule has 4 aromatic rings. The molecule has 3 aromatic heterocycles. The molecule has 1 saturated heterocycles. The Hall–Kier alpha value is -3.81. The van der Waals surface area contributed by atoms with Crippen molar-refractivity contribution in [1.82, 2.24) is 29.2 Å². The van der Waals surface area contributed by atoms with Gasteiger partial charge in [0.2, 0.25) is 16.0 Å². The van der Waals surface area contributed by atoms with Crippen LogP contribution in [0.15, 0.2) is 41.5 Å². The van der Waals surface area contributed by atoms with E-state index in [4.69, 9.17) is 28.2 Å². The number of aromatic nitrogens is 5. The SMILES string of the molecule is Cc1cc([C@@H](C)Nc2ccc(Cl)nc2C(=O)NS(C)(=O)=O)c2nc(C3[C@H]4CN(c5ncc(Cl)cn5)C[C@@H]34)n(C)c(=O)c2c1. The molecule has 6 rings (SSSR count). The summed E-state index contributed by atoms with van der Waals surface area (Å²) in [5, 5.41) is 4.25. The number of anilines is 2. The molecule has 2 N–H and O–H groups in total. The summed E-state index contributed by atoms with van der Waals surface area (Å²) in [6.45, 7) is 5.28. The van der Waals surface area contributed by atoms with E-state index in [0.717, 1.165) is 36.3 Å². The molecule has 2 aliphatic rings. The quantitative estimate of drug-likeness (QED) is 0.287. The molecule has 1 aromatic carbocycles. The summed E-state index contributed by atoms with van der Waals surface area (Å²) in [7, 11) is -2.07. The number of hydrogen-bond acceptors (Lipinski definition) is 10. The molecule has 224 valence electrons. The van der Waals surface area contributed by atoms with Crippen LogP contribution in [0.3, 0.4) is 0 Å². The van der Waals surface area contributed by atoms with Crippen LogP contribution in [0.25, 0.3) is 10.9 Å². The lowest BCUT2D eigenvalue weighted by atomic mass is 10.0. The molecule has 12 nitrogen and oxygen atoms in total. The van der Waals surface area contributed by atoms with Crippen molar-refractivity contribution in [2.75, 3.05) is 29.6 Å². The molecule has 4 heterocycles. The van der Waals surface area contributed by atoms with Gasteiger partial charge < -0.3 is 10.2 Å². The highest BCUT2D eigenvalue weighted by Crippen LogP contribution is 2.58. The fourth-order valence-electron chi connectivity index (χ4n) is 5.99. The number of nitrogens with one attached hydrogen (secondary N) is 2. The van der Waals surface area contributed by atoms with Crippen molar-refractivity contribution >= 4 is 61.7 Å². The molecule has 1 unspecified atom stereocenters. The van der Waals surface area contributed by atoms with E-state index in [9.17, 15) is 18.0 Å². The van der Waals surface area contributed by atoms with Gasteiger partial charge in [0.15, 0.2) is 5.69 Å². The van der Waals surface area contributed by atoms with Gasteiger partial charge in [-0.05, 0) is 49.4 Å². The monoisotopic (exact) mass is 642 g/mol. The van der Waals surface area contributed by atoms with Gasteiger partial charge in [0, 0.05) is 31.6 Å². The van der Waals surface area contributed by atoms with Crippen LogP contribution in [0.5, 0.6) is 0 Å². The summed E-state index contributed by atoms with van der Waals surface area (Å²) in [4.78, 5) is 46.3. The summed E-state index contributed by atoms with van der Waals surface area (Å²) >= 11 is 12.0. The predicted octanol–water partition coefficient (Wildman–Crippen LogP) is 3.45. The molecule has 0 bridgehead atoms. The molecule has 2 fully saturated rings. The van der Waals surface area contributed by atoms with E-state index < -0.39 is 22.0 Å². The number of piperidine rings is 1. The van der Waals surface area contributed by atoms with Crippen LogP contribution in [-0.4, -0.2) is 58.2 Å². The number of carbonyl (C=O) groups is 1. The van der Waals surface area contributed by atoms with Gasteiger partial charge in [0.25, 0.3) is 11.5 Å². The van der Waals surface area contributed by atoms with Crippen molar-refractivity contribution in [3.8, 4) is 0 Å². The van der Waals surface area contributed by atoms with Gasteiger partial charge in [-0.15, -0.1) is 0 Å². The average molecular weight is 644 g/mol. The molecular formula is C28H28Cl2N8O4S. The lowest BCUT2D eigenvalue weighted by molar-refractivity contribution is 0.0977. The van der Waals surface area contributed by atoms with Crippen molar-refractivity contribution in [2.24, 2.45) is 18.9 Å². The van der Waals surface area contributed by atoms with Crippen LogP contribution in [0.1, 0.15) is 46.3 Å². The first-order chi connectivity index (χ1) is 20.3. The second-order valence-corrected chi connectivity index (χ2v) is 13.7. The summed E-state index contributed by atoms with van der Waals surface area (Å²) in [5.41, 5.74) is 2.15. The Morgan fingerprint density at radius 1 is 1.09 bits per heavy atom. The summed E-state index contributed by atoms with van der Waals surface area (Å²) in [6.07, 6.45) is 4.05. The van der Waals surface area contributed by atoms with Crippen molar-refractivity contribution in [3.63, 3.8) is 0 Å². The predicted molar refractivity (Wildman–Crippen MR) is 164 cm³/mol. The third-order valence-corrected chi connectivity index (χ3v) is 8.93. The maximum Gasteiger partial charge on any atom is 0.285 e. The van der Waals surface area contributed by atoms with Gasteiger partial charge in [0.05, 0.1) is 46.3 Å². The summed E-state index contributed by atoms with van der Waals surface area (Å²) < 4.78 is 27.0. The molecule has 1 amide bonds. The molecule has 15 heteroatoms. The number of nitrogens with zero attached hydrogens (tertiary/aromatic N) is 6. The number of sulfonamides is 1. The standard InChI is InChI=1S/C28H28Cl2N8O4S/c1-13-7-16(14(2)33-20-5-6-21(30)34-24(20)26(39)36-43(4,41)42)23-17(8-13)27(40)37(3)25(35-23)22-18-11-38(12-19(18)22)28-31-9-15(29)10-32-28/h5-10,14,18-19,22,33H,11-12H2,1-4H3,(H,36,39)/t14-,18-,19+,22?/m1/s1. The number of pyridine rings is 1. The van der Waals surface area contributed by atoms with Gasteiger partial charge >= 0.3 is 0 Å². The number of amides is 1. The van der Waals surface area contributed by atoms with E-state index in [1.807, 2.05) is 30.7 Å². The van der Waals surface area contributed by atoms with E-state index >= 15 is 0 Å². The van der Waals surface area contributed by atoms with Gasteiger partial charge in [-0.1, -0.05) is 29.3 Å². The highest BCUT2D eigenvalue weighted by molar-refractivity contribution is 7.89. The van der Waals surface area contributed by atoms with Crippen LogP contribution in [0.2, 0.25) is 10.2 Å². The normalized spacial score (nSPS) is 20.1. The molecular weight excluding hydrogens is 615 g/mol. The van der Waals surface area contributed by atoms with Crippen molar-refractivity contribution in [2.45, 2.75) is 25.8 Å². The maximum absolute atomic E-state index is 13.6. The molecule has 43 heavy (non-hydrogen) atoms. The Morgan fingerprint density at radius 2 is 1.77 bits per heavy atom. The number of aryl methyl sites for hydroxylation is 1. The smallest absolute Gasteiger partial charge is 0.285 e. The molecule has 1 saturated carbocycles. The Kier molecular flexibility index (Phi) is 7.30. The van der Waals surface area contributed by atoms with E-state index in [-0.39, 0.29) is 28.0 Å². The maximum atomic E-state index is 13.6. The van der Waals surface area contributed by atoms with Gasteiger partial charge in [-0.3, -0.25) is 14.2 Å². The van der Waals surface area contributed by atoms with Crippen LogP contribution >= 0.6 is 23.2 Å². The number of fused-ring (bicyclic) bond motifs is 2. The number of benzene rings is 1. The Bertz CT molecular complexity index is 1940. The van der Waals surface area contributed by atoms with Crippen LogP contribution < -0.4 is 20.5 Å². The minimum atomic E-state index is -3.83. The fraction of sp³-hybridized carbons (Fsp3) is 0.357. The molecule has 1 aliphatic heterocycles. The van der Waals surface area contributed by atoms with Crippen LogP contribution in [0.4, 0.5) is 11.6 Å². The molecule has 0 radical (unpaired) electrons. The second kappa shape index (κ2) is 10.7. The molecule has 1 aliphatic carbocycles. The zero-order valence-electron chi connectivity index (χ0n) is 23.7. The number of rotatable bonds is 7. The van der Waals surface area contributed by atoms with Crippen molar-refractivity contribution in [3.05, 3.63) is 79.8 Å². The van der Waals surface area contributed by atoms with E-state index in [2.05, 4.69) is 25.2 Å². The minimum absolute atomic E-state index is 0.0313. The second-order valence-electron chi connectivity index (χ2n) is 11.1. The van der Waals surface area contributed by atoms with E-state index in [0.29, 0.717) is 33.7 Å². The van der Waals surface area contributed by atoms with Gasteiger partial charge in [-0.2, -0.15) is 0 Å². The van der Waals surface area contributed by atoms with Crippen LogP contribution in [-0.2, 0) is 17.1 Å². The third-order valence-electron chi connectivity index (χ3n) is 7.96. The molecule has 4 atom stereocenters. The molecule has 0 spiro atoms. The summed E-state index contributed by atoms with van der Waals surface area (Å²) in [6, 6.07) is 6.38. The van der Waals surface area contributed by atoms with Gasteiger partial charge in [-0.25, -0.2) is 33.1 Å². The number of hydrogen-bond donors (Lipinski definition) is 2. The first kappa shape index (κ1) is 29.3. The largest absolute Gasteiger partial charge is 0.377 e. The number of halogens is 2. The Balaban J connectivity index is 1.32. The van der Waals surface area contributed by atoms with E-state index in [1.165, 1.54) is 6.07 Å². The van der Waals surface area contributed by atoms with Gasteiger partial charge in [0.1, 0.15) is 11.0 Å². The Morgan fingerprint density at radius 3 is 2.42 bits per heavy atom. The van der Waals surface area contributed by atoms with Crippen molar-refractivity contribution < 1.29 is 13.2 Å². The summed E-state index contributed by atoms with van der Waals surface area (Å²) in [5.74, 6) is 1.19. The third kappa shape index (κ3) is 5.64. The average Bonchev–Trinajstić information content (AvgIpc) is 3.41. The lowest BCUT2D eigenvalue weighted by Gasteiger charge is -2.22. The van der Waals surface area contributed by atoms with Crippen molar-refractivity contribution in [1.29, 1.82) is 0 Å². The zero-order valence-corrected chi connectivity index (χ0v) is 26.0. The Labute approximate surface area is 257 Å². The van der Waals surface area contributed by atoms with Crippen LogP contribution in [0, 0.1) is 18.8 Å². The zero-order chi connectivity index (χ0) is 30.8. The topological polar surface area (TPSA) is 152 Å². The van der Waals surface area contributed by atoms with E-state index in [1.54, 1.807) is 30.1 Å². The highest BCUT2D eigenvalue weighted by Gasteiger charge is 2.58. The fourth-order valence-corrected chi connectivity index (χ4v) is 6.67. The number of carbonyl (C=O) groups excluding carboxylic acids is 1.